The van der Waals surface area contributed by atoms with Gasteiger partial charge in [0.15, 0.2) is 5.78 Å². The Morgan fingerprint density at radius 1 is 1.57 bits per heavy atom. The first-order valence-corrected chi connectivity index (χ1v) is 4.40. The van der Waals surface area contributed by atoms with E-state index in [1.165, 1.54) is 6.92 Å². The highest BCUT2D eigenvalue weighted by atomic mass is 79.9. The lowest BCUT2D eigenvalue weighted by Gasteiger charge is -2.02. The maximum Gasteiger partial charge on any atom is 0.273 e. The number of halogens is 1. The van der Waals surface area contributed by atoms with E-state index in [-0.39, 0.29) is 27.3 Å². The van der Waals surface area contributed by atoms with Crippen molar-refractivity contribution in [2.75, 3.05) is 0 Å². The van der Waals surface area contributed by atoms with E-state index in [0.717, 1.165) is 12.1 Å². The molecule has 0 heterocycles. The van der Waals surface area contributed by atoms with Crippen LogP contribution in [0, 0.1) is 10.1 Å². The van der Waals surface area contributed by atoms with Gasteiger partial charge in [0.05, 0.1) is 15.5 Å². The predicted octanol–water partition coefficient (Wildman–Crippen LogP) is 2.27. The van der Waals surface area contributed by atoms with Crippen molar-refractivity contribution in [3.05, 3.63) is 32.3 Å². The van der Waals surface area contributed by atoms with Crippen LogP contribution in [-0.2, 0) is 0 Å². The molecule has 0 saturated carbocycles. The van der Waals surface area contributed by atoms with Crippen molar-refractivity contribution in [3.63, 3.8) is 0 Å². The van der Waals surface area contributed by atoms with Crippen LogP contribution in [0.15, 0.2) is 16.6 Å². The summed E-state index contributed by atoms with van der Waals surface area (Å²) in [5, 5.41) is 19.7. The summed E-state index contributed by atoms with van der Waals surface area (Å²) in [4.78, 5) is 20.8. The van der Waals surface area contributed by atoms with Crippen molar-refractivity contribution < 1.29 is 14.8 Å². The van der Waals surface area contributed by atoms with Gasteiger partial charge in [-0.1, -0.05) is 0 Å². The average Bonchev–Trinajstić information content (AvgIpc) is 2.08. The van der Waals surface area contributed by atoms with Crippen LogP contribution in [0.5, 0.6) is 5.75 Å². The van der Waals surface area contributed by atoms with Crippen LogP contribution in [-0.4, -0.2) is 15.8 Å². The Hall–Kier alpha value is -1.43. The maximum atomic E-state index is 11.0. The van der Waals surface area contributed by atoms with Gasteiger partial charge in [-0.3, -0.25) is 14.9 Å². The zero-order valence-electron chi connectivity index (χ0n) is 7.15. The normalized spacial score (nSPS) is 9.86. The summed E-state index contributed by atoms with van der Waals surface area (Å²) in [6.07, 6.45) is 0. The van der Waals surface area contributed by atoms with Crippen molar-refractivity contribution in [2.24, 2.45) is 0 Å². The molecule has 0 fully saturated rings. The van der Waals surface area contributed by atoms with Gasteiger partial charge in [0.25, 0.3) is 5.69 Å². The minimum absolute atomic E-state index is 0.0942. The molecular formula is C8H6BrNO4. The van der Waals surface area contributed by atoms with E-state index in [0.29, 0.717) is 0 Å². The first-order chi connectivity index (χ1) is 6.43. The number of Topliss-reactive ketones (excluding diaryl/α,β-unsaturated/α-hetero) is 1. The van der Waals surface area contributed by atoms with Crippen molar-refractivity contribution in [1.82, 2.24) is 0 Å². The van der Waals surface area contributed by atoms with Gasteiger partial charge in [-0.2, -0.15) is 0 Å². The topological polar surface area (TPSA) is 80.4 Å². The van der Waals surface area contributed by atoms with E-state index in [9.17, 15) is 20.0 Å². The van der Waals surface area contributed by atoms with Crippen LogP contribution in [0.3, 0.4) is 0 Å². The minimum atomic E-state index is -0.668. The Kier molecular flexibility index (Phi) is 2.85. The molecule has 14 heavy (non-hydrogen) atoms. The van der Waals surface area contributed by atoms with Gasteiger partial charge >= 0.3 is 0 Å². The molecule has 74 valence electrons. The Morgan fingerprint density at radius 3 is 2.57 bits per heavy atom. The zero-order valence-corrected chi connectivity index (χ0v) is 8.74. The van der Waals surface area contributed by atoms with Crippen LogP contribution in [0.25, 0.3) is 0 Å². The molecule has 0 spiro atoms. The lowest BCUT2D eigenvalue weighted by Crippen LogP contribution is -1.97. The fraction of sp³-hybridized carbons (Fsp3) is 0.125. The smallest absolute Gasteiger partial charge is 0.273 e. The van der Waals surface area contributed by atoms with E-state index >= 15 is 0 Å². The number of non-ortho nitro benzene ring substituents is 1. The van der Waals surface area contributed by atoms with Gasteiger partial charge in [0.2, 0.25) is 0 Å². The third-order valence-electron chi connectivity index (χ3n) is 1.63. The molecule has 0 saturated heterocycles. The molecule has 5 nitrogen and oxygen atoms in total. The lowest BCUT2D eigenvalue weighted by atomic mass is 10.1. The number of phenols is 1. The highest BCUT2D eigenvalue weighted by molar-refractivity contribution is 9.10. The van der Waals surface area contributed by atoms with Gasteiger partial charge in [-0.15, -0.1) is 0 Å². The molecule has 1 aromatic carbocycles. The highest BCUT2D eigenvalue weighted by Crippen LogP contribution is 2.32. The Labute approximate surface area is 87.6 Å². The largest absolute Gasteiger partial charge is 0.506 e. The van der Waals surface area contributed by atoms with Crippen molar-refractivity contribution in [3.8, 4) is 5.75 Å². The second-order valence-corrected chi connectivity index (χ2v) is 3.43. The van der Waals surface area contributed by atoms with Gasteiger partial charge in [-0.05, 0) is 22.9 Å². The molecule has 0 aliphatic heterocycles. The maximum absolute atomic E-state index is 11.0. The molecule has 0 bridgehead atoms. The number of carbonyl (C=O) groups excluding carboxylic acids is 1. The first kappa shape index (κ1) is 10.6. The summed E-state index contributed by atoms with van der Waals surface area (Å²) in [5.74, 6) is -0.666. The fourth-order valence-electron chi connectivity index (χ4n) is 0.956. The molecule has 1 aromatic rings. The number of hydrogen-bond acceptors (Lipinski definition) is 4. The van der Waals surface area contributed by atoms with Crippen LogP contribution >= 0.6 is 15.9 Å². The van der Waals surface area contributed by atoms with Crippen LogP contribution in [0.2, 0.25) is 0 Å². The van der Waals surface area contributed by atoms with Gasteiger partial charge < -0.3 is 5.11 Å². The molecular weight excluding hydrogens is 254 g/mol. The predicted molar refractivity (Wildman–Crippen MR) is 52.5 cm³/mol. The molecule has 6 heteroatoms. The number of hydrogen-bond donors (Lipinski definition) is 1. The van der Waals surface area contributed by atoms with Gasteiger partial charge in [-0.25, -0.2) is 0 Å². The number of carbonyl (C=O) groups is 1. The number of nitro groups is 1. The Morgan fingerprint density at radius 2 is 2.14 bits per heavy atom. The fourth-order valence-corrected chi connectivity index (χ4v) is 1.46. The Balaban J connectivity index is 3.43. The lowest BCUT2D eigenvalue weighted by molar-refractivity contribution is -0.385. The summed E-state index contributed by atoms with van der Waals surface area (Å²) in [7, 11) is 0. The molecule has 0 aromatic heterocycles. The third kappa shape index (κ3) is 1.90. The first-order valence-electron chi connectivity index (χ1n) is 3.61. The number of rotatable bonds is 2. The zero-order chi connectivity index (χ0) is 10.9. The number of ketones is 1. The van der Waals surface area contributed by atoms with Crippen LogP contribution in [0.4, 0.5) is 5.69 Å². The van der Waals surface area contributed by atoms with Crippen molar-refractivity contribution in [1.29, 1.82) is 0 Å². The van der Waals surface area contributed by atoms with E-state index in [2.05, 4.69) is 15.9 Å². The number of aromatic hydroxyl groups is 1. The van der Waals surface area contributed by atoms with Gasteiger partial charge in [0, 0.05) is 11.6 Å². The molecule has 0 radical (unpaired) electrons. The van der Waals surface area contributed by atoms with Gasteiger partial charge in [0.1, 0.15) is 5.75 Å². The number of phenolic OH excluding ortho intramolecular Hbond substituents is 1. The summed E-state index contributed by atoms with van der Waals surface area (Å²) in [6, 6.07) is 2.10. The Bertz CT molecular complexity index is 416. The third-order valence-corrected chi connectivity index (χ3v) is 2.46. The second-order valence-electron chi connectivity index (χ2n) is 2.64. The summed E-state index contributed by atoms with van der Waals surface area (Å²) in [6.45, 7) is 1.27. The summed E-state index contributed by atoms with van der Waals surface area (Å²) >= 11 is 2.97. The number of nitro benzene ring substituents is 1. The number of benzene rings is 1. The van der Waals surface area contributed by atoms with E-state index in [4.69, 9.17) is 0 Å². The van der Waals surface area contributed by atoms with E-state index in [1.54, 1.807) is 0 Å². The molecule has 0 amide bonds. The number of nitrogens with zero attached hydrogens (tertiary/aromatic N) is 1. The van der Waals surface area contributed by atoms with Crippen LogP contribution in [0.1, 0.15) is 17.3 Å². The van der Waals surface area contributed by atoms with Crippen molar-refractivity contribution >= 4 is 27.4 Å². The van der Waals surface area contributed by atoms with Crippen LogP contribution < -0.4 is 0 Å². The standard InChI is InChI=1S/C8H6BrNO4/c1-4(11)6-2-5(10(13)14)3-7(12)8(6)9/h2-3,12H,1H3. The average molecular weight is 260 g/mol. The summed E-state index contributed by atoms with van der Waals surface area (Å²) in [5.41, 5.74) is -0.215. The monoisotopic (exact) mass is 259 g/mol. The van der Waals surface area contributed by atoms with E-state index < -0.39 is 4.92 Å². The quantitative estimate of drug-likeness (QED) is 0.502. The molecule has 0 unspecified atom stereocenters. The minimum Gasteiger partial charge on any atom is -0.506 e. The molecule has 0 aliphatic carbocycles. The summed E-state index contributed by atoms with van der Waals surface area (Å²) < 4.78 is 0.176. The van der Waals surface area contributed by atoms with Crippen molar-refractivity contribution in [2.45, 2.75) is 6.92 Å². The molecule has 1 N–H and O–H groups in total. The SMILES string of the molecule is CC(=O)c1cc([N+](=O)[O-])cc(O)c1Br. The molecule has 1 rings (SSSR count). The highest BCUT2D eigenvalue weighted by Gasteiger charge is 2.16. The van der Waals surface area contributed by atoms with E-state index in [1.807, 2.05) is 0 Å². The molecule has 0 atom stereocenters. The molecule has 0 aliphatic rings. The second kappa shape index (κ2) is 3.75.